The van der Waals surface area contributed by atoms with Crippen molar-refractivity contribution in [3.63, 3.8) is 0 Å². The van der Waals surface area contributed by atoms with Gasteiger partial charge < -0.3 is 0 Å². The van der Waals surface area contributed by atoms with Crippen LogP contribution < -0.4 is 0 Å². The molecule has 0 N–H and O–H groups in total. The topological polar surface area (TPSA) is 0 Å². The summed E-state index contributed by atoms with van der Waals surface area (Å²) in [7, 11) is 0. The Balaban J connectivity index is 2.34. The van der Waals surface area contributed by atoms with Crippen molar-refractivity contribution in [3.05, 3.63) is 5.75 Å². The van der Waals surface area contributed by atoms with Crippen molar-refractivity contribution in [2.45, 2.75) is 6.92 Å². The molecule has 1 radical (unpaired) electrons. The highest BCUT2D eigenvalue weighted by molar-refractivity contribution is 8.16. The van der Waals surface area contributed by atoms with E-state index in [-0.39, 0.29) is 0 Å². The zero-order valence-electron chi connectivity index (χ0n) is 4.10. The van der Waals surface area contributed by atoms with Crippen LogP contribution in [0.25, 0.3) is 0 Å². The molecule has 0 aliphatic carbocycles. The Hall–Kier alpha value is 0.700. The third kappa shape index (κ3) is 4.70. The summed E-state index contributed by atoms with van der Waals surface area (Å²) in [5.41, 5.74) is 0. The highest BCUT2D eigenvalue weighted by atomic mass is 32.2. The molecule has 0 aromatic carbocycles. The lowest BCUT2D eigenvalue weighted by molar-refractivity contribution is 1.73. The fraction of sp³-hybridized carbons (Fsp3) is 0.750. The first-order valence-corrected chi connectivity index (χ1v) is 4.24. The van der Waals surface area contributed by atoms with Crippen molar-refractivity contribution in [2.75, 3.05) is 11.3 Å². The third-order valence-electron chi connectivity index (χ3n) is 0.353. The molecule has 0 amide bonds. The van der Waals surface area contributed by atoms with E-state index in [0.717, 1.165) is 0 Å². The molecule has 2 heteroatoms. The van der Waals surface area contributed by atoms with Crippen molar-refractivity contribution in [1.82, 2.24) is 0 Å². The Morgan fingerprint density at radius 3 is 2.50 bits per heavy atom. The molecule has 0 spiro atoms. The fourth-order valence-corrected chi connectivity index (χ4v) is 1.22. The molecule has 6 heavy (non-hydrogen) atoms. The van der Waals surface area contributed by atoms with Crippen LogP contribution in [0.15, 0.2) is 0 Å². The molecule has 37 valence electrons. The van der Waals surface area contributed by atoms with E-state index in [2.05, 4.69) is 18.9 Å². The zero-order valence-corrected chi connectivity index (χ0v) is 5.73. The lowest BCUT2D eigenvalue weighted by Gasteiger charge is -1.86. The zero-order chi connectivity index (χ0) is 4.83. The van der Waals surface area contributed by atoms with Crippen LogP contribution in [0.1, 0.15) is 6.92 Å². The first-order chi connectivity index (χ1) is 2.91. The van der Waals surface area contributed by atoms with Gasteiger partial charge in [-0.05, 0) is 6.26 Å². The molecule has 0 aliphatic rings. The Morgan fingerprint density at radius 2 is 2.33 bits per heavy atom. The molecular weight excluding hydrogens is 112 g/mol. The van der Waals surface area contributed by atoms with Crippen molar-refractivity contribution >= 4 is 23.5 Å². The molecule has 0 nitrogen and oxygen atoms in total. The van der Waals surface area contributed by atoms with Crippen LogP contribution in [0.5, 0.6) is 0 Å². The van der Waals surface area contributed by atoms with Crippen LogP contribution in [0.4, 0.5) is 0 Å². The molecule has 0 saturated heterocycles. The molecule has 0 aromatic heterocycles. The van der Waals surface area contributed by atoms with Gasteiger partial charge in [0.2, 0.25) is 0 Å². The van der Waals surface area contributed by atoms with Gasteiger partial charge in [0, 0.05) is 10.8 Å². The molecule has 0 atom stereocenters. The highest BCUT2D eigenvalue weighted by Gasteiger charge is 1.75. The summed E-state index contributed by atoms with van der Waals surface area (Å²) in [6, 6.07) is 0. The lowest BCUT2D eigenvalue weighted by Crippen LogP contribution is -1.60. The van der Waals surface area contributed by atoms with Crippen molar-refractivity contribution < 1.29 is 0 Å². The van der Waals surface area contributed by atoms with Gasteiger partial charge in [0.1, 0.15) is 0 Å². The minimum absolute atomic E-state index is 1.19. The predicted octanol–water partition coefficient (Wildman–Crippen LogP) is 2.22. The summed E-state index contributed by atoms with van der Waals surface area (Å²) in [6.45, 7) is 2.06. The summed E-state index contributed by atoms with van der Waals surface area (Å²) in [6.07, 6.45) is 2.11. The van der Waals surface area contributed by atoms with E-state index in [4.69, 9.17) is 0 Å². The van der Waals surface area contributed by atoms with Gasteiger partial charge in [-0.2, -0.15) is 11.8 Å². The fourth-order valence-electron chi connectivity index (χ4n) is 0.136. The smallest absolute Gasteiger partial charge is 0.0392 e. The summed E-state index contributed by atoms with van der Waals surface area (Å²) in [4.78, 5) is 0. The van der Waals surface area contributed by atoms with Crippen molar-refractivity contribution in [3.8, 4) is 0 Å². The van der Waals surface area contributed by atoms with Gasteiger partial charge in [0.05, 0.1) is 0 Å². The average Bonchev–Trinajstić information content (AvgIpc) is 1.61. The molecule has 0 saturated carbocycles. The highest BCUT2D eigenvalue weighted by Crippen LogP contribution is 2.09. The number of hydrogen-bond donors (Lipinski definition) is 0. The van der Waals surface area contributed by atoms with Gasteiger partial charge in [-0.15, -0.1) is 11.8 Å². The Bertz CT molecular complexity index is 17.5. The van der Waals surface area contributed by atoms with E-state index >= 15 is 0 Å². The molecule has 0 aromatic rings. The van der Waals surface area contributed by atoms with E-state index in [1.165, 1.54) is 5.08 Å². The van der Waals surface area contributed by atoms with E-state index in [1.807, 2.05) is 23.5 Å². The van der Waals surface area contributed by atoms with Crippen LogP contribution in [-0.2, 0) is 0 Å². The largest absolute Gasteiger partial charge is 0.154 e. The summed E-state index contributed by atoms with van der Waals surface area (Å²) >= 11 is 3.70. The van der Waals surface area contributed by atoms with Gasteiger partial charge in [-0.3, -0.25) is 0 Å². The Morgan fingerprint density at radius 1 is 1.67 bits per heavy atom. The van der Waals surface area contributed by atoms with Crippen molar-refractivity contribution in [1.29, 1.82) is 0 Å². The lowest BCUT2D eigenvalue weighted by atomic mass is 11.0. The molecule has 0 rings (SSSR count). The normalized spacial score (nSPS) is 9.00. The Kier molecular flexibility index (Phi) is 6.36. The monoisotopic (exact) mass is 121 g/mol. The third-order valence-corrected chi connectivity index (χ3v) is 2.17. The maximum Gasteiger partial charge on any atom is 0.0392 e. The number of hydrogen-bond acceptors (Lipinski definition) is 2. The van der Waals surface area contributed by atoms with Crippen molar-refractivity contribution in [2.24, 2.45) is 0 Å². The number of rotatable bonds is 3. The molecule has 0 bridgehead atoms. The second kappa shape index (κ2) is 5.70. The standard InChI is InChI=1S/C4H9S2/c1-3-6-4-5-2/h3H,4H2,1-2H3. The Labute approximate surface area is 48.1 Å². The van der Waals surface area contributed by atoms with E-state index in [9.17, 15) is 0 Å². The summed E-state index contributed by atoms with van der Waals surface area (Å²) in [5.74, 6) is 2.11. The van der Waals surface area contributed by atoms with Crippen LogP contribution in [-0.4, -0.2) is 11.3 Å². The SMILES string of the molecule is C[CH]SCSC. The molecule has 0 unspecified atom stereocenters. The van der Waals surface area contributed by atoms with Crippen LogP contribution in [0.3, 0.4) is 0 Å². The minimum atomic E-state index is 1.19. The quantitative estimate of drug-likeness (QED) is 0.415. The molecule has 0 heterocycles. The second-order valence-corrected chi connectivity index (χ2v) is 3.13. The van der Waals surface area contributed by atoms with E-state index < -0.39 is 0 Å². The van der Waals surface area contributed by atoms with E-state index in [1.54, 1.807) is 0 Å². The predicted molar refractivity (Wildman–Crippen MR) is 35.9 cm³/mol. The molecule has 0 aliphatic heterocycles. The number of thioether (sulfide) groups is 2. The maximum atomic E-state index is 2.11. The van der Waals surface area contributed by atoms with E-state index in [0.29, 0.717) is 0 Å². The first kappa shape index (κ1) is 6.70. The van der Waals surface area contributed by atoms with Gasteiger partial charge in [-0.1, -0.05) is 6.92 Å². The van der Waals surface area contributed by atoms with Gasteiger partial charge in [-0.25, -0.2) is 0 Å². The minimum Gasteiger partial charge on any atom is -0.154 e. The van der Waals surface area contributed by atoms with Gasteiger partial charge in [0.25, 0.3) is 0 Å². The molecule has 0 fully saturated rings. The van der Waals surface area contributed by atoms with Gasteiger partial charge >= 0.3 is 0 Å². The maximum absolute atomic E-state index is 2.11. The summed E-state index contributed by atoms with van der Waals surface area (Å²) < 4.78 is 0. The first-order valence-electron chi connectivity index (χ1n) is 1.80. The van der Waals surface area contributed by atoms with Crippen LogP contribution in [0.2, 0.25) is 0 Å². The van der Waals surface area contributed by atoms with Crippen LogP contribution >= 0.6 is 23.5 Å². The second-order valence-electron chi connectivity index (χ2n) is 0.809. The summed E-state index contributed by atoms with van der Waals surface area (Å²) in [5, 5.41) is 1.19. The van der Waals surface area contributed by atoms with Gasteiger partial charge in [0.15, 0.2) is 0 Å². The van der Waals surface area contributed by atoms with Crippen LogP contribution in [0, 0.1) is 5.75 Å². The molecular formula is C4H9S2. The average molecular weight is 121 g/mol.